The third kappa shape index (κ3) is 5.22. The second kappa shape index (κ2) is 11.3. The van der Waals surface area contributed by atoms with E-state index >= 15 is 4.39 Å². The van der Waals surface area contributed by atoms with E-state index in [9.17, 15) is 4.39 Å². The number of hydrogen-bond acceptors (Lipinski definition) is 10. The zero-order valence-corrected chi connectivity index (χ0v) is 29.2. The fourth-order valence-electron chi connectivity index (χ4n) is 7.89. The lowest BCUT2D eigenvalue weighted by atomic mass is 9.94. The second-order valence-corrected chi connectivity index (χ2v) is 16.1. The minimum atomic E-state index is -1.57. The Morgan fingerprint density at radius 1 is 1.18 bits per heavy atom. The van der Waals surface area contributed by atoms with Gasteiger partial charge in [-0.15, -0.1) is 0 Å². The maximum absolute atomic E-state index is 16.2. The van der Waals surface area contributed by atoms with Gasteiger partial charge in [0.1, 0.15) is 33.7 Å². The monoisotopic (exact) mass is 710 g/mol. The second-order valence-electron chi connectivity index (χ2n) is 14.9. The van der Waals surface area contributed by atoms with Gasteiger partial charge in [0.2, 0.25) is 11.6 Å². The highest BCUT2D eigenvalue weighted by molar-refractivity contribution is 7.14. The summed E-state index contributed by atoms with van der Waals surface area (Å²) in [5, 5.41) is 6.33. The number of hydrogen-bond donors (Lipinski definition) is 0. The van der Waals surface area contributed by atoms with Crippen LogP contribution < -0.4 is 9.47 Å². The van der Waals surface area contributed by atoms with Crippen LogP contribution in [0.4, 0.5) is 8.78 Å². The molecule has 49 heavy (non-hydrogen) atoms. The van der Waals surface area contributed by atoms with E-state index in [4.69, 9.17) is 49.7 Å². The van der Waals surface area contributed by atoms with Crippen LogP contribution in [0.5, 0.6) is 11.9 Å². The van der Waals surface area contributed by atoms with Crippen LogP contribution >= 0.6 is 23.1 Å². The first-order chi connectivity index (χ1) is 23.6. The van der Waals surface area contributed by atoms with E-state index in [0.29, 0.717) is 82.4 Å². The van der Waals surface area contributed by atoms with Gasteiger partial charge in [0.05, 0.1) is 23.6 Å². The van der Waals surface area contributed by atoms with Crippen LogP contribution in [0.1, 0.15) is 83.9 Å². The van der Waals surface area contributed by atoms with E-state index in [2.05, 4.69) is 4.90 Å². The van der Waals surface area contributed by atoms with Crippen LogP contribution in [0.15, 0.2) is 28.6 Å². The lowest BCUT2D eigenvalue weighted by molar-refractivity contribution is -0.0366. The molecule has 10 nitrogen and oxygen atoms in total. The highest BCUT2D eigenvalue weighted by Crippen LogP contribution is 2.57. The molecule has 14 heteroatoms. The van der Waals surface area contributed by atoms with Crippen molar-refractivity contribution in [3.63, 3.8) is 0 Å². The molecule has 258 valence electrons. The first-order valence-corrected chi connectivity index (χ1v) is 18.2. The fourth-order valence-corrected chi connectivity index (χ4v) is 9.10. The molecule has 3 aliphatic heterocycles. The minimum absolute atomic E-state index is 0.113. The molecule has 1 unspecified atom stereocenters. The van der Waals surface area contributed by atoms with Crippen molar-refractivity contribution in [3.8, 4) is 23.1 Å². The lowest BCUT2D eigenvalue weighted by Gasteiger charge is -2.30. The SMILES string of the molecule is CC(C)(C)Oc1nc(OC[C@@]23CCCN2C/C(=C\F)C3)nc2oc3c(-c4c(C5(F)CC5)c(Cl)cc5c4cnn5C4CCCCO4)nsc3c12. The molecular weight excluding hydrogens is 674 g/mol. The summed E-state index contributed by atoms with van der Waals surface area (Å²) in [6, 6.07) is 1.91. The predicted octanol–water partition coefficient (Wildman–Crippen LogP) is 8.81. The summed E-state index contributed by atoms with van der Waals surface area (Å²) in [6.07, 6.45) is 8.39. The molecule has 9 rings (SSSR count). The van der Waals surface area contributed by atoms with E-state index in [-0.39, 0.29) is 23.5 Å². The van der Waals surface area contributed by atoms with Gasteiger partial charge < -0.3 is 18.6 Å². The molecule has 0 radical (unpaired) electrons. The number of ether oxygens (including phenoxy) is 3. The quantitative estimate of drug-likeness (QED) is 0.164. The van der Waals surface area contributed by atoms with E-state index in [0.717, 1.165) is 61.5 Å². The van der Waals surface area contributed by atoms with Crippen LogP contribution in [0, 0.1) is 0 Å². The molecule has 4 aliphatic rings. The summed E-state index contributed by atoms with van der Waals surface area (Å²) in [5.41, 5.74) is 1.21. The predicted molar refractivity (Wildman–Crippen MR) is 183 cm³/mol. The molecule has 0 bridgehead atoms. The molecule has 1 saturated carbocycles. The van der Waals surface area contributed by atoms with Crippen molar-refractivity contribution in [1.82, 2.24) is 29.0 Å². The standard InChI is InChI=1S/C35H37ClF2N6O4S/c1-33(2,3)48-31-25-29-28(47-30(25)40-32(41-31)46-18-34-8-6-11-43(34)17-19(14-34)15-37)27(42-49-29)24-20-16-39-44(23-7-4-5-12-45-23)22(20)13-21(36)26(24)35(38)9-10-35/h13,15-16,23H,4-12,14,17-18H2,1-3H3/b19-15-/t23?,34-/m0/s1. The summed E-state index contributed by atoms with van der Waals surface area (Å²) in [5.74, 6) is 0.306. The molecule has 3 saturated heterocycles. The Balaban J connectivity index is 1.18. The number of halogens is 3. The van der Waals surface area contributed by atoms with E-state index in [1.165, 1.54) is 11.5 Å². The number of benzene rings is 1. The van der Waals surface area contributed by atoms with Crippen molar-refractivity contribution in [1.29, 1.82) is 0 Å². The maximum atomic E-state index is 16.2. The lowest BCUT2D eigenvalue weighted by Crippen LogP contribution is -2.43. The van der Waals surface area contributed by atoms with Crippen molar-refractivity contribution in [2.24, 2.45) is 0 Å². The Labute approximate surface area is 290 Å². The molecule has 5 aromatic rings. The average Bonchev–Trinajstić information content (AvgIpc) is 3.56. The molecule has 4 fully saturated rings. The van der Waals surface area contributed by atoms with Gasteiger partial charge in [-0.25, -0.2) is 13.5 Å². The number of nitrogens with zero attached hydrogens (tertiary/aromatic N) is 6. The molecule has 0 N–H and O–H groups in total. The Morgan fingerprint density at radius 3 is 2.80 bits per heavy atom. The average molecular weight is 711 g/mol. The van der Waals surface area contributed by atoms with E-state index in [1.807, 2.05) is 25.5 Å². The van der Waals surface area contributed by atoms with Crippen LogP contribution in [-0.4, -0.2) is 66.5 Å². The van der Waals surface area contributed by atoms with Gasteiger partial charge in [-0.2, -0.15) is 19.4 Å². The topological polar surface area (TPSA) is 101 Å². The zero-order valence-electron chi connectivity index (χ0n) is 27.7. The minimum Gasteiger partial charge on any atom is -0.471 e. The van der Waals surface area contributed by atoms with Gasteiger partial charge in [0.25, 0.3) is 0 Å². The van der Waals surface area contributed by atoms with Gasteiger partial charge >= 0.3 is 6.01 Å². The van der Waals surface area contributed by atoms with E-state index < -0.39 is 11.3 Å². The Bertz CT molecular complexity index is 2150. The number of fused-ring (bicyclic) bond motifs is 5. The normalized spacial score (nSPS) is 24.9. The molecule has 0 spiro atoms. The highest BCUT2D eigenvalue weighted by atomic mass is 35.5. The van der Waals surface area contributed by atoms with E-state index in [1.54, 1.807) is 12.3 Å². The molecule has 0 amide bonds. The van der Waals surface area contributed by atoms with Crippen molar-refractivity contribution >= 4 is 55.4 Å². The van der Waals surface area contributed by atoms with Crippen LogP contribution in [0.25, 0.3) is 43.5 Å². The van der Waals surface area contributed by atoms with Gasteiger partial charge in [0.15, 0.2) is 11.8 Å². The van der Waals surface area contributed by atoms with Crippen LogP contribution in [-0.2, 0) is 10.4 Å². The largest absolute Gasteiger partial charge is 0.471 e. The summed E-state index contributed by atoms with van der Waals surface area (Å²) in [4.78, 5) is 11.7. The molecule has 7 heterocycles. The van der Waals surface area contributed by atoms with Gasteiger partial charge in [-0.05, 0) is 102 Å². The highest BCUT2D eigenvalue weighted by Gasteiger charge is 2.50. The van der Waals surface area contributed by atoms with Gasteiger partial charge in [0, 0.05) is 34.7 Å². The summed E-state index contributed by atoms with van der Waals surface area (Å²) < 4.78 is 62.4. The maximum Gasteiger partial charge on any atom is 0.323 e. The Hall–Kier alpha value is -3.39. The first-order valence-electron chi connectivity index (χ1n) is 17.0. The summed E-state index contributed by atoms with van der Waals surface area (Å²) in [6.45, 7) is 8.29. The van der Waals surface area contributed by atoms with Crippen LogP contribution in [0.2, 0.25) is 5.02 Å². The third-order valence-electron chi connectivity index (χ3n) is 10.3. The third-order valence-corrected chi connectivity index (χ3v) is 11.4. The molecule has 4 aromatic heterocycles. The van der Waals surface area contributed by atoms with Crippen molar-refractivity contribution in [3.05, 3.63) is 34.8 Å². The van der Waals surface area contributed by atoms with Crippen molar-refractivity contribution in [2.75, 3.05) is 26.3 Å². The smallest absolute Gasteiger partial charge is 0.323 e. The fraction of sp³-hybridized carbons (Fsp3) is 0.543. The number of rotatable bonds is 7. The van der Waals surface area contributed by atoms with Crippen molar-refractivity contribution < 1.29 is 27.4 Å². The molecular formula is C35H37ClF2N6O4S. The Kier molecular flexibility index (Phi) is 7.29. The Morgan fingerprint density at radius 2 is 2.04 bits per heavy atom. The van der Waals surface area contributed by atoms with Gasteiger partial charge in [-0.1, -0.05) is 11.6 Å². The number of furan rings is 1. The van der Waals surface area contributed by atoms with Crippen LogP contribution in [0.3, 0.4) is 0 Å². The number of alkyl halides is 1. The molecule has 1 aliphatic carbocycles. The summed E-state index contributed by atoms with van der Waals surface area (Å²) in [7, 11) is 0. The van der Waals surface area contributed by atoms with Gasteiger partial charge in [-0.3, -0.25) is 4.90 Å². The zero-order chi connectivity index (χ0) is 33.7. The molecule has 2 atom stereocenters. The van der Waals surface area contributed by atoms with Crippen molar-refractivity contribution in [2.45, 2.75) is 95.2 Å². The first kappa shape index (κ1) is 31.6. The summed E-state index contributed by atoms with van der Waals surface area (Å²) >= 11 is 8.17. The molecule has 1 aromatic carbocycles. The number of aromatic nitrogens is 5.